The van der Waals surface area contributed by atoms with Crippen molar-refractivity contribution in [3.63, 3.8) is 0 Å². The highest BCUT2D eigenvalue weighted by Crippen LogP contribution is 2.48. The van der Waals surface area contributed by atoms with E-state index in [-0.39, 0.29) is 17.8 Å². The van der Waals surface area contributed by atoms with Gasteiger partial charge in [0.05, 0.1) is 23.8 Å². The van der Waals surface area contributed by atoms with Gasteiger partial charge in [0.2, 0.25) is 0 Å². The summed E-state index contributed by atoms with van der Waals surface area (Å²) >= 11 is 4.95. The van der Waals surface area contributed by atoms with E-state index in [0.717, 1.165) is 0 Å². The van der Waals surface area contributed by atoms with E-state index in [2.05, 4.69) is 5.32 Å². The van der Waals surface area contributed by atoms with Crippen molar-refractivity contribution in [1.82, 2.24) is 5.32 Å². The van der Waals surface area contributed by atoms with E-state index in [9.17, 15) is 18.3 Å². The molecule has 2 fully saturated rings. The third-order valence-corrected chi connectivity index (χ3v) is 6.70. The Morgan fingerprint density at radius 1 is 1.42 bits per heavy atom. The van der Waals surface area contributed by atoms with Gasteiger partial charge in [0.25, 0.3) is 0 Å². The highest BCUT2D eigenvalue weighted by Gasteiger charge is 2.33. The van der Waals surface area contributed by atoms with Gasteiger partial charge in [-0.25, -0.2) is 9.18 Å². The normalized spacial score (nSPS) is 24.2. The zero-order valence-electron chi connectivity index (χ0n) is 14.5. The van der Waals surface area contributed by atoms with E-state index < -0.39 is 16.7 Å². The van der Waals surface area contributed by atoms with E-state index in [4.69, 9.17) is 17.0 Å². The molecule has 1 amide bonds. The Balaban J connectivity index is 1.68. The van der Waals surface area contributed by atoms with Gasteiger partial charge < -0.3 is 10.1 Å². The molecule has 1 atom stereocenters. The van der Waals surface area contributed by atoms with Crippen LogP contribution in [0.4, 0.5) is 14.9 Å². The van der Waals surface area contributed by atoms with Gasteiger partial charge >= 0.3 is 6.09 Å². The van der Waals surface area contributed by atoms with Gasteiger partial charge in [-0.05, 0) is 43.4 Å². The van der Waals surface area contributed by atoms with Gasteiger partial charge in [0.15, 0.2) is 0 Å². The fourth-order valence-electron chi connectivity index (χ4n) is 3.33. The average molecular weight is 403 g/mol. The number of anilines is 1. The molecule has 26 heavy (non-hydrogen) atoms. The minimum atomic E-state index is -2.49. The van der Waals surface area contributed by atoms with Crippen LogP contribution in [0.15, 0.2) is 18.2 Å². The van der Waals surface area contributed by atoms with Crippen LogP contribution in [0.25, 0.3) is 0 Å². The molecule has 0 unspecified atom stereocenters. The zero-order valence-corrected chi connectivity index (χ0v) is 16.1. The molecule has 0 spiro atoms. The monoisotopic (exact) mass is 402 g/mol. The second kappa shape index (κ2) is 7.67. The predicted octanol–water partition coefficient (Wildman–Crippen LogP) is 3.72. The molecule has 2 saturated heterocycles. The summed E-state index contributed by atoms with van der Waals surface area (Å²) in [5.41, 5.74) is 1.02. The summed E-state index contributed by atoms with van der Waals surface area (Å²) in [6.45, 7) is 2.51. The maximum Gasteiger partial charge on any atom is 0.414 e. The van der Waals surface area contributed by atoms with Crippen molar-refractivity contribution in [2.75, 3.05) is 29.5 Å². The molecule has 2 aliphatic heterocycles. The molecule has 2 aliphatic rings. The van der Waals surface area contributed by atoms with E-state index in [1.807, 2.05) is 0 Å². The molecule has 0 radical (unpaired) electrons. The average Bonchev–Trinajstić information content (AvgIpc) is 2.94. The van der Waals surface area contributed by atoms with Crippen molar-refractivity contribution in [1.29, 1.82) is 0 Å². The standard InChI is InChI=1S/C17H23FN2O4S2/c1-11(25)19-9-14-10-20(17(21)24-14)13-2-3-15(16(18)8-13)12-4-6-26(22,23)7-5-12/h2-3,8,12,14,22-23H,4-7,9-10H2,1H3,(H,19,25)/t14-/m0/s1. The SMILES string of the molecule is CC(=S)NC[C@H]1CN(c2ccc(C3CCS(O)(O)CC3)c(F)c2)C(=O)O1. The highest BCUT2D eigenvalue weighted by atomic mass is 32.3. The lowest BCUT2D eigenvalue weighted by Gasteiger charge is -2.39. The number of cyclic esters (lactones) is 1. The molecule has 0 aliphatic carbocycles. The number of rotatable bonds is 4. The number of nitrogens with one attached hydrogen (secondary N) is 1. The van der Waals surface area contributed by atoms with Crippen LogP contribution in [-0.4, -0.2) is 50.9 Å². The van der Waals surface area contributed by atoms with Gasteiger partial charge in [0, 0.05) is 11.5 Å². The summed E-state index contributed by atoms with van der Waals surface area (Å²) in [4.78, 5) is 14.1. The third kappa shape index (κ3) is 4.46. The Morgan fingerprint density at radius 2 is 2.12 bits per heavy atom. The number of thiocarbonyl (C=S) groups is 1. The number of carbonyl (C=O) groups excluding carboxylic acids is 1. The molecular formula is C17H23FN2O4S2. The molecule has 144 valence electrons. The first-order valence-electron chi connectivity index (χ1n) is 8.51. The topological polar surface area (TPSA) is 82.0 Å². The minimum absolute atomic E-state index is 0.0305. The predicted molar refractivity (Wildman–Crippen MR) is 105 cm³/mol. The number of carbonyl (C=O) groups is 1. The maximum atomic E-state index is 14.6. The Morgan fingerprint density at radius 3 is 2.73 bits per heavy atom. The Hall–Kier alpha value is -1.42. The summed E-state index contributed by atoms with van der Waals surface area (Å²) in [6, 6.07) is 4.75. The maximum absolute atomic E-state index is 14.6. The Kier molecular flexibility index (Phi) is 5.71. The van der Waals surface area contributed by atoms with Crippen LogP contribution in [0.3, 0.4) is 0 Å². The van der Waals surface area contributed by atoms with Crippen LogP contribution >= 0.6 is 22.8 Å². The molecule has 9 heteroatoms. The van der Waals surface area contributed by atoms with E-state index in [0.29, 0.717) is 53.7 Å². The van der Waals surface area contributed by atoms with Crippen molar-refractivity contribution in [2.45, 2.75) is 31.8 Å². The van der Waals surface area contributed by atoms with Gasteiger partial charge in [0.1, 0.15) is 11.9 Å². The molecule has 1 aromatic carbocycles. The molecule has 0 saturated carbocycles. The van der Waals surface area contributed by atoms with Crippen molar-refractivity contribution in [3.05, 3.63) is 29.6 Å². The molecule has 3 rings (SSSR count). The van der Waals surface area contributed by atoms with Gasteiger partial charge in [-0.3, -0.25) is 14.0 Å². The Labute approximate surface area is 159 Å². The van der Waals surface area contributed by atoms with E-state index in [1.54, 1.807) is 19.1 Å². The van der Waals surface area contributed by atoms with Crippen molar-refractivity contribution in [3.8, 4) is 0 Å². The van der Waals surface area contributed by atoms with Crippen LogP contribution in [0.1, 0.15) is 31.2 Å². The number of ether oxygens (including phenoxy) is 1. The lowest BCUT2D eigenvalue weighted by atomic mass is 9.93. The Bertz CT molecular complexity index is 706. The lowest BCUT2D eigenvalue weighted by Crippen LogP contribution is -2.32. The summed E-state index contributed by atoms with van der Waals surface area (Å²) in [5.74, 6) is 0.211. The molecule has 1 aromatic rings. The summed E-state index contributed by atoms with van der Waals surface area (Å²) in [5, 5.41) is 2.96. The minimum Gasteiger partial charge on any atom is -0.442 e. The number of amides is 1. The molecular weight excluding hydrogens is 379 g/mol. The molecule has 6 nitrogen and oxygen atoms in total. The van der Waals surface area contributed by atoms with Crippen LogP contribution in [0.5, 0.6) is 0 Å². The first-order chi connectivity index (χ1) is 12.2. The van der Waals surface area contributed by atoms with Crippen LogP contribution < -0.4 is 10.2 Å². The van der Waals surface area contributed by atoms with Crippen LogP contribution in [0, 0.1) is 5.82 Å². The smallest absolute Gasteiger partial charge is 0.414 e. The summed E-state index contributed by atoms with van der Waals surface area (Å²) in [6.07, 6.45) is 0.258. The highest BCUT2D eigenvalue weighted by molar-refractivity contribution is 8.24. The number of halogens is 1. The molecule has 0 aromatic heterocycles. The third-order valence-electron chi connectivity index (χ3n) is 4.77. The first kappa shape index (κ1) is 19.3. The van der Waals surface area contributed by atoms with Gasteiger partial charge in [-0.2, -0.15) is 10.6 Å². The lowest BCUT2D eigenvalue weighted by molar-refractivity contribution is 0.143. The van der Waals surface area contributed by atoms with E-state index in [1.165, 1.54) is 11.0 Å². The summed E-state index contributed by atoms with van der Waals surface area (Å²) in [7, 11) is -2.49. The fourth-order valence-corrected chi connectivity index (χ4v) is 4.94. The second-order valence-corrected chi connectivity index (χ2v) is 9.78. The van der Waals surface area contributed by atoms with Gasteiger partial charge in [-0.1, -0.05) is 18.3 Å². The van der Waals surface area contributed by atoms with Crippen LogP contribution in [0.2, 0.25) is 0 Å². The summed E-state index contributed by atoms with van der Waals surface area (Å²) < 4.78 is 39.3. The van der Waals surface area contributed by atoms with E-state index >= 15 is 0 Å². The molecule has 3 N–H and O–H groups in total. The fraction of sp³-hybridized carbons (Fsp3) is 0.529. The number of hydrogen-bond donors (Lipinski definition) is 3. The van der Waals surface area contributed by atoms with Crippen molar-refractivity contribution < 1.29 is 23.0 Å². The van der Waals surface area contributed by atoms with Gasteiger partial charge in [-0.15, -0.1) is 0 Å². The number of benzene rings is 1. The second-order valence-electron chi connectivity index (χ2n) is 6.74. The van der Waals surface area contributed by atoms with Crippen molar-refractivity contribution in [2.24, 2.45) is 0 Å². The quantitative estimate of drug-likeness (QED) is 0.666. The zero-order chi connectivity index (χ0) is 18.9. The van der Waals surface area contributed by atoms with Crippen molar-refractivity contribution >= 4 is 39.6 Å². The first-order valence-corrected chi connectivity index (χ1v) is 10.8. The number of hydrogen-bond acceptors (Lipinski definition) is 5. The largest absolute Gasteiger partial charge is 0.442 e. The molecule has 2 heterocycles. The molecule has 0 bridgehead atoms. The number of nitrogens with zero attached hydrogens (tertiary/aromatic N) is 1. The van der Waals surface area contributed by atoms with Crippen LogP contribution in [-0.2, 0) is 4.74 Å².